The highest BCUT2D eigenvalue weighted by atomic mass is 35.5. The van der Waals surface area contributed by atoms with E-state index in [2.05, 4.69) is 5.16 Å². The lowest BCUT2D eigenvalue weighted by Crippen LogP contribution is -2.24. The van der Waals surface area contributed by atoms with E-state index in [1.54, 1.807) is 18.2 Å². The molecule has 1 aliphatic rings. The first-order valence-corrected chi connectivity index (χ1v) is 8.32. The largest absolute Gasteiger partial charge is 0.511 e. The van der Waals surface area contributed by atoms with Crippen molar-refractivity contribution in [1.82, 2.24) is 0 Å². The molecule has 1 aromatic rings. The second-order valence-corrected chi connectivity index (χ2v) is 6.17. The predicted molar refractivity (Wildman–Crippen MR) is 92.5 cm³/mol. The fourth-order valence-electron chi connectivity index (χ4n) is 2.70. The molecule has 0 spiro atoms. The maximum atomic E-state index is 12.5. The zero-order valence-electron chi connectivity index (χ0n) is 13.1. The SMILES string of the molecule is CCON=C(CC)C1=C(O)CC(c2ccc(Cl)cc2Cl)CC1=O. The molecule has 0 amide bonds. The Labute approximate surface area is 145 Å². The zero-order chi connectivity index (χ0) is 17.0. The monoisotopic (exact) mass is 355 g/mol. The lowest BCUT2D eigenvalue weighted by atomic mass is 9.81. The molecule has 0 saturated carbocycles. The van der Waals surface area contributed by atoms with Crippen LogP contribution in [0.3, 0.4) is 0 Å². The third kappa shape index (κ3) is 4.06. The molecule has 0 aromatic heterocycles. The van der Waals surface area contributed by atoms with Crippen LogP contribution in [0.15, 0.2) is 34.7 Å². The van der Waals surface area contributed by atoms with E-state index >= 15 is 0 Å². The highest BCUT2D eigenvalue weighted by Crippen LogP contribution is 2.38. The average Bonchev–Trinajstić information content (AvgIpc) is 2.49. The molecule has 1 unspecified atom stereocenters. The smallest absolute Gasteiger partial charge is 0.168 e. The number of carbonyl (C=O) groups is 1. The van der Waals surface area contributed by atoms with E-state index in [1.165, 1.54) is 0 Å². The maximum Gasteiger partial charge on any atom is 0.168 e. The lowest BCUT2D eigenvalue weighted by molar-refractivity contribution is -0.116. The normalized spacial score (nSPS) is 19.2. The minimum absolute atomic E-state index is 0.0394. The van der Waals surface area contributed by atoms with Crippen LogP contribution in [-0.2, 0) is 9.63 Å². The van der Waals surface area contributed by atoms with Gasteiger partial charge in [-0.1, -0.05) is 41.3 Å². The maximum absolute atomic E-state index is 12.5. The van der Waals surface area contributed by atoms with Crippen LogP contribution in [0.25, 0.3) is 0 Å². The Balaban J connectivity index is 2.32. The van der Waals surface area contributed by atoms with Crippen LogP contribution in [0.1, 0.15) is 44.6 Å². The molecule has 0 fully saturated rings. The van der Waals surface area contributed by atoms with Crippen molar-refractivity contribution in [2.75, 3.05) is 6.61 Å². The molecule has 1 atom stereocenters. The van der Waals surface area contributed by atoms with Crippen molar-refractivity contribution in [3.05, 3.63) is 45.1 Å². The second kappa shape index (κ2) is 7.84. The first-order chi connectivity index (χ1) is 11.0. The number of allylic oxidation sites excluding steroid dienone is 2. The minimum atomic E-state index is -0.166. The van der Waals surface area contributed by atoms with Gasteiger partial charge in [-0.05, 0) is 37.0 Å². The number of aliphatic hydroxyl groups excluding tert-OH is 1. The van der Waals surface area contributed by atoms with E-state index in [9.17, 15) is 9.90 Å². The molecule has 0 radical (unpaired) electrons. The number of halogens is 2. The Morgan fingerprint density at radius 2 is 2.09 bits per heavy atom. The molecule has 4 nitrogen and oxygen atoms in total. The van der Waals surface area contributed by atoms with Crippen LogP contribution in [-0.4, -0.2) is 23.2 Å². The van der Waals surface area contributed by atoms with Crippen LogP contribution < -0.4 is 0 Å². The topological polar surface area (TPSA) is 58.9 Å². The number of aliphatic hydroxyl groups is 1. The first-order valence-electron chi connectivity index (χ1n) is 7.57. The number of Topliss-reactive ketones (excluding diaryl/α,β-unsaturated/α-hetero) is 1. The number of nitrogens with zero attached hydrogens (tertiary/aromatic N) is 1. The van der Waals surface area contributed by atoms with E-state index in [0.29, 0.717) is 35.2 Å². The molecule has 23 heavy (non-hydrogen) atoms. The highest BCUT2D eigenvalue weighted by molar-refractivity contribution is 6.35. The van der Waals surface area contributed by atoms with E-state index in [0.717, 1.165) is 5.56 Å². The molecule has 1 aromatic carbocycles. The van der Waals surface area contributed by atoms with Crippen molar-refractivity contribution >= 4 is 34.7 Å². The van der Waals surface area contributed by atoms with Gasteiger partial charge in [0.15, 0.2) is 5.78 Å². The third-order valence-corrected chi connectivity index (χ3v) is 4.33. The standard InChI is InChI=1S/C17H19Cl2NO3/c1-3-14(20-23-4-2)17-15(21)7-10(8-16(17)22)12-6-5-11(18)9-13(12)19/h5-6,9-10,21H,3-4,7-8H2,1-2H3. The predicted octanol–water partition coefficient (Wildman–Crippen LogP) is 5.05. The van der Waals surface area contributed by atoms with Crippen LogP contribution in [0.2, 0.25) is 10.0 Å². The molecule has 0 aliphatic heterocycles. The van der Waals surface area contributed by atoms with Crippen LogP contribution >= 0.6 is 23.2 Å². The summed E-state index contributed by atoms with van der Waals surface area (Å²) in [5.74, 6) is -0.274. The number of rotatable bonds is 5. The Morgan fingerprint density at radius 3 is 2.65 bits per heavy atom. The van der Waals surface area contributed by atoms with Crippen molar-refractivity contribution in [3.8, 4) is 0 Å². The van der Waals surface area contributed by atoms with Gasteiger partial charge in [0.25, 0.3) is 0 Å². The Kier molecular flexibility index (Phi) is 6.08. The van der Waals surface area contributed by atoms with E-state index < -0.39 is 0 Å². The summed E-state index contributed by atoms with van der Waals surface area (Å²) in [6, 6.07) is 5.18. The van der Waals surface area contributed by atoms with E-state index in [-0.39, 0.29) is 29.5 Å². The van der Waals surface area contributed by atoms with E-state index in [4.69, 9.17) is 28.0 Å². The molecule has 0 saturated heterocycles. The summed E-state index contributed by atoms with van der Waals surface area (Å²) in [4.78, 5) is 17.5. The number of hydrogen-bond acceptors (Lipinski definition) is 4. The van der Waals surface area contributed by atoms with Crippen molar-refractivity contribution in [3.63, 3.8) is 0 Å². The molecule has 0 heterocycles. The Hall–Kier alpha value is -1.52. The number of benzene rings is 1. The van der Waals surface area contributed by atoms with Crippen molar-refractivity contribution in [1.29, 1.82) is 0 Å². The molecular formula is C17H19Cl2NO3. The molecule has 124 valence electrons. The third-order valence-electron chi connectivity index (χ3n) is 3.77. The van der Waals surface area contributed by atoms with Gasteiger partial charge >= 0.3 is 0 Å². The zero-order valence-corrected chi connectivity index (χ0v) is 14.6. The van der Waals surface area contributed by atoms with Gasteiger partial charge in [-0.2, -0.15) is 0 Å². The summed E-state index contributed by atoms with van der Waals surface area (Å²) in [5, 5.41) is 15.4. The van der Waals surface area contributed by atoms with Crippen LogP contribution in [0, 0.1) is 0 Å². The van der Waals surface area contributed by atoms with Crippen molar-refractivity contribution in [2.45, 2.75) is 39.0 Å². The van der Waals surface area contributed by atoms with Gasteiger partial charge < -0.3 is 9.94 Å². The summed E-state index contributed by atoms with van der Waals surface area (Å²) in [5.41, 5.74) is 1.58. The van der Waals surface area contributed by atoms with Gasteiger partial charge in [0, 0.05) is 22.9 Å². The Bertz CT molecular complexity index is 668. The van der Waals surface area contributed by atoms with Gasteiger partial charge in [0.05, 0.1) is 11.3 Å². The van der Waals surface area contributed by atoms with Crippen LogP contribution in [0.5, 0.6) is 0 Å². The number of hydrogen-bond donors (Lipinski definition) is 1. The summed E-state index contributed by atoms with van der Waals surface area (Å²) in [7, 11) is 0. The van der Waals surface area contributed by atoms with Gasteiger partial charge in [-0.25, -0.2) is 0 Å². The molecule has 6 heteroatoms. The number of carbonyl (C=O) groups excluding carboxylic acids is 1. The summed E-state index contributed by atoms with van der Waals surface area (Å²) in [6.07, 6.45) is 1.12. The minimum Gasteiger partial charge on any atom is -0.511 e. The fraction of sp³-hybridized carbons (Fsp3) is 0.412. The van der Waals surface area contributed by atoms with Gasteiger partial charge in [-0.15, -0.1) is 0 Å². The lowest BCUT2D eigenvalue weighted by Gasteiger charge is -2.24. The molecule has 1 N–H and O–H groups in total. The number of ketones is 1. The van der Waals surface area contributed by atoms with Gasteiger partial charge in [0.1, 0.15) is 12.4 Å². The number of oxime groups is 1. The summed E-state index contributed by atoms with van der Waals surface area (Å²) < 4.78 is 0. The van der Waals surface area contributed by atoms with Gasteiger partial charge in [0.2, 0.25) is 0 Å². The van der Waals surface area contributed by atoms with E-state index in [1.807, 2.05) is 13.8 Å². The fourth-order valence-corrected chi connectivity index (χ4v) is 3.27. The van der Waals surface area contributed by atoms with Gasteiger partial charge in [-0.3, -0.25) is 4.79 Å². The summed E-state index contributed by atoms with van der Waals surface area (Å²) >= 11 is 12.1. The quantitative estimate of drug-likeness (QED) is 0.593. The highest BCUT2D eigenvalue weighted by Gasteiger charge is 2.32. The molecule has 0 bridgehead atoms. The Morgan fingerprint density at radius 1 is 1.35 bits per heavy atom. The first kappa shape index (κ1) is 17.8. The van der Waals surface area contributed by atoms with Crippen molar-refractivity contribution < 1.29 is 14.7 Å². The molecule has 2 rings (SSSR count). The average molecular weight is 356 g/mol. The van der Waals surface area contributed by atoms with Crippen LogP contribution in [0.4, 0.5) is 0 Å². The summed E-state index contributed by atoms with van der Waals surface area (Å²) in [6.45, 7) is 4.09. The second-order valence-electron chi connectivity index (χ2n) is 5.33. The van der Waals surface area contributed by atoms with Crippen molar-refractivity contribution in [2.24, 2.45) is 5.16 Å². The molecular weight excluding hydrogens is 337 g/mol. The molecule has 1 aliphatic carbocycles.